The summed E-state index contributed by atoms with van der Waals surface area (Å²) in [6, 6.07) is 0. The number of hydrogen-bond donors (Lipinski definition) is 0. The van der Waals surface area contributed by atoms with Crippen molar-refractivity contribution in [1.82, 2.24) is 9.80 Å². The molecular weight excluding hydrogens is 440 g/mol. The molecule has 9 heteroatoms. The predicted molar refractivity (Wildman–Crippen MR) is 126 cm³/mol. The van der Waals surface area contributed by atoms with Crippen molar-refractivity contribution in [3.8, 4) is 0 Å². The summed E-state index contributed by atoms with van der Waals surface area (Å²) < 4.78 is 29.9. The van der Waals surface area contributed by atoms with Crippen molar-refractivity contribution in [2.45, 2.75) is 103 Å². The standard InChI is InChI=1S/C25H44N2O7/c1-7-32-21(28)19-11-13-20(14-12-19)33-25(26-16-8-9-17-26,22(29)34-23(2,3)4)27-18-10-15-24(27,30-5)31-6/h19-20H,7-18H2,1-6H3. The van der Waals surface area contributed by atoms with Gasteiger partial charge in [-0.3, -0.25) is 9.69 Å². The molecule has 0 aromatic rings. The van der Waals surface area contributed by atoms with Crippen molar-refractivity contribution in [1.29, 1.82) is 0 Å². The van der Waals surface area contributed by atoms with E-state index in [1.807, 2.05) is 32.6 Å². The summed E-state index contributed by atoms with van der Waals surface area (Å²) >= 11 is 0. The van der Waals surface area contributed by atoms with Crippen LogP contribution in [0.3, 0.4) is 0 Å². The average molecular weight is 485 g/mol. The van der Waals surface area contributed by atoms with Crippen molar-refractivity contribution < 1.29 is 33.3 Å². The molecule has 2 saturated heterocycles. The van der Waals surface area contributed by atoms with E-state index in [1.54, 1.807) is 14.2 Å². The molecule has 0 aromatic carbocycles. The summed E-state index contributed by atoms with van der Waals surface area (Å²) in [4.78, 5) is 30.4. The molecule has 9 nitrogen and oxygen atoms in total. The second-order valence-corrected chi connectivity index (χ2v) is 10.5. The number of esters is 2. The number of carbonyl (C=O) groups is 2. The molecule has 0 spiro atoms. The molecule has 1 unspecified atom stereocenters. The fourth-order valence-electron chi connectivity index (χ4n) is 5.53. The molecule has 0 bridgehead atoms. The fraction of sp³-hybridized carbons (Fsp3) is 0.920. The highest BCUT2D eigenvalue weighted by molar-refractivity contribution is 5.79. The Labute approximate surface area is 204 Å². The van der Waals surface area contributed by atoms with Gasteiger partial charge in [0.2, 0.25) is 5.91 Å². The van der Waals surface area contributed by atoms with E-state index in [4.69, 9.17) is 23.7 Å². The number of likely N-dealkylation sites (tertiary alicyclic amines) is 2. The van der Waals surface area contributed by atoms with E-state index in [-0.39, 0.29) is 18.0 Å². The molecule has 196 valence electrons. The van der Waals surface area contributed by atoms with Crippen molar-refractivity contribution in [2.75, 3.05) is 40.5 Å². The third kappa shape index (κ3) is 5.59. The molecule has 3 aliphatic rings. The molecule has 1 saturated carbocycles. The quantitative estimate of drug-likeness (QED) is 0.361. The lowest BCUT2D eigenvalue weighted by Gasteiger charge is -2.52. The van der Waals surface area contributed by atoms with Crippen molar-refractivity contribution in [3.63, 3.8) is 0 Å². The molecule has 0 N–H and O–H groups in total. The topological polar surface area (TPSA) is 86.8 Å². The Kier molecular flexibility index (Phi) is 9.01. The van der Waals surface area contributed by atoms with Crippen molar-refractivity contribution >= 4 is 11.9 Å². The van der Waals surface area contributed by atoms with E-state index in [0.717, 1.165) is 32.4 Å². The van der Waals surface area contributed by atoms with Crippen molar-refractivity contribution in [3.05, 3.63) is 0 Å². The Morgan fingerprint density at radius 1 is 0.941 bits per heavy atom. The van der Waals surface area contributed by atoms with E-state index in [9.17, 15) is 9.59 Å². The maximum atomic E-state index is 14.1. The maximum absolute atomic E-state index is 14.1. The van der Waals surface area contributed by atoms with Gasteiger partial charge in [-0.1, -0.05) is 0 Å². The van der Waals surface area contributed by atoms with Crippen LogP contribution in [0.4, 0.5) is 0 Å². The minimum atomic E-state index is -1.46. The summed E-state index contributed by atoms with van der Waals surface area (Å²) in [5.74, 6) is -3.24. The number of carbonyl (C=O) groups excluding carboxylic acids is 2. The molecule has 3 rings (SSSR count). The monoisotopic (exact) mass is 484 g/mol. The smallest absolute Gasteiger partial charge is 0.371 e. The van der Waals surface area contributed by atoms with E-state index in [2.05, 4.69) is 4.90 Å². The zero-order valence-corrected chi connectivity index (χ0v) is 21.9. The van der Waals surface area contributed by atoms with Gasteiger partial charge in [-0.05, 0) is 72.6 Å². The van der Waals surface area contributed by atoms with Gasteiger partial charge < -0.3 is 23.7 Å². The SMILES string of the molecule is CCOC(=O)C1CCC(OC(C(=O)OC(C)(C)C)(N2CCCC2)N2CCCC2(OC)OC)CC1. The van der Waals surface area contributed by atoms with E-state index in [1.165, 1.54) is 0 Å². The summed E-state index contributed by atoms with van der Waals surface area (Å²) in [7, 11) is 3.21. The van der Waals surface area contributed by atoms with Crippen LogP contribution in [0.2, 0.25) is 0 Å². The minimum absolute atomic E-state index is 0.119. The zero-order chi connectivity index (χ0) is 25.0. The molecule has 3 fully saturated rings. The molecule has 2 aliphatic heterocycles. The number of ether oxygens (including phenoxy) is 5. The van der Waals surface area contributed by atoms with Crippen LogP contribution >= 0.6 is 0 Å². The second-order valence-electron chi connectivity index (χ2n) is 10.5. The summed E-state index contributed by atoms with van der Waals surface area (Å²) in [5, 5.41) is 0. The first-order chi connectivity index (χ1) is 16.1. The van der Waals surface area contributed by atoms with Crippen LogP contribution < -0.4 is 0 Å². The van der Waals surface area contributed by atoms with Gasteiger partial charge in [0, 0.05) is 40.3 Å². The van der Waals surface area contributed by atoms with Gasteiger partial charge in [0.25, 0.3) is 5.85 Å². The highest BCUT2D eigenvalue weighted by Gasteiger charge is 2.63. The van der Waals surface area contributed by atoms with Gasteiger partial charge in [0.05, 0.1) is 18.6 Å². The van der Waals surface area contributed by atoms with Gasteiger partial charge >= 0.3 is 11.9 Å². The van der Waals surface area contributed by atoms with Crippen LogP contribution in [0.5, 0.6) is 0 Å². The van der Waals surface area contributed by atoms with Gasteiger partial charge in [-0.25, -0.2) is 9.69 Å². The first kappa shape index (κ1) is 27.3. The van der Waals surface area contributed by atoms with Crippen LogP contribution in [0.25, 0.3) is 0 Å². The molecule has 34 heavy (non-hydrogen) atoms. The van der Waals surface area contributed by atoms with Gasteiger partial charge in [0.15, 0.2) is 0 Å². The van der Waals surface area contributed by atoms with Gasteiger partial charge in [-0.2, -0.15) is 0 Å². The van der Waals surface area contributed by atoms with Crippen LogP contribution in [0, 0.1) is 5.92 Å². The first-order valence-corrected chi connectivity index (χ1v) is 12.8. The number of rotatable bonds is 9. The van der Waals surface area contributed by atoms with E-state index in [0.29, 0.717) is 45.3 Å². The minimum Gasteiger partial charge on any atom is -0.466 e. The van der Waals surface area contributed by atoms with Crippen molar-refractivity contribution in [2.24, 2.45) is 5.92 Å². The molecule has 1 aliphatic carbocycles. The lowest BCUT2D eigenvalue weighted by molar-refractivity contribution is -0.371. The Morgan fingerprint density at radius 3 is 2.09 bits per heavy atom. The molecule has 1 atom stereocenters. The summed E-state index contributed by atoms with van der Waals surface area (Å²) in [6.07, 6.45) is 5.86. The third-order valence-electron chi connectivity index (χ3n) is 7.11. The van der Waals surface area contributed by atoms with Crippen LogP contribution in [0.15, 0.2) is 0 Å². The first-order valence-electron chi connectivity index (χ1n) is 12.8. The number of methoxy groups -OCH3 is 2. The molecule has 0 aromatic heterocycles. The summed E-state index contributed by atoms with van der Waals surface area (Å²) in [6.45, 7) is 9.84. The summed E-state index contributed by atoms with van der Waals surface area (Å²) in [5.41, 5.74) is -0.685. The van der Waals surface area contributed by atoms with Crippen LogP contribution in [0.1, 0.15) is 79.1 Å². The van der Waals surface area contributed by atoms with Gasteiger partial charge in [0.1, 0.15) is 5.60 Å². The lowest BCUT2D eigenvalue weighted by Crippen LogP contribution is -2.73. The average Bonchev–Trinajstić information content (AvgIpc) is 3.48. The molecule has 0 radical (unpaired) electrons. The van der Waals surface area contributed by atoms with Crippen LogP contribution in [-0.2, 0) is 33.3 Å². The highest BCUT2D eigenvalue weighted by Crippen LogP contribution is 2.44. The fourth-order valence-corrected chi connectivity index (χ4v) is 5.53. The lowest BCUT2D eigenvalue weighted by atomic mass is 9.87. The Balaban J connectivity index is 1.95. The Hall–Kier alpha value is -1.26. The molecule has 2 heterocycles. The molecular formula is C25H44N2O7. The predicted octanol–water partition coefficient (Wildman–Crippen LogP) is 3.26. The van der Waals surface area contributed by atoms with E-state index >= 15 is 0 Å². The van der Waals surface area contributed by atoms with E-state index < -0.39 is 23.3 Å². The number of nitrogens with zero attached hydrogens (tertiary/aromatic N) is 2. The Morgan fingerprint density at radius 2 is 1.56 bits per heavy atom. The third-order valence-corrected chi connectivity index (χ3v) is 7.11. The Bertz CT molecular complexity index is 692. The van der Waals surface area contributed by atoms with Gasteiger partial charge in [-0.15, -0.1) is 0 Å². The highest BCUT2D eigenvalue weighted by atomic mass is 16.7. The second kappa shape index (κ2) is 11.2. The molecule has 0 amide bonds. The maximum Gasteiger partial charge on any atom is 0.371 e. The largest absolute Gasteiger partial charge is 0.466 e. The van der Waals surface area contributed by atoms with Crippen LogP contribution in [-0.4, -0.2) is 85.7 Å². The normalized spacial score (nSPS) is 27.9. The zero-order valence-electron chi connectivity index (χ0n) is 21.9. The number of hydrogen-bond acceptors (Lipinski definition) is 9.